The molecule has 0 aromatic rings. The summed E-state index contributed by atoms with van der Waals surface area (Å²) in [6, 6.07) is 0. The highest BCUT2D eigenvalue weighted by atomic mass is 16.6. The van der Waals surface area contributed by atoms with Crippen molar-refractivity contribution in [3.05, 3.63) is 72.9 Å². The summed E-state index contributed by atoms with van der Waals surface area (Å²) in [5, 5.41) is 0. The molecule has 0 saturated carbocycles. The molecule has 0 N–H and O–H groups in total. The monoisotopic (exact) mass is 879 g/mol. The second-order valence-electron chi connectivity index (χ2n) is 17.4. The van der Waals surface area contributed by atoms with Gasteiger partial charge in [-0.3, -0.25) is 14.4 Å². The zero-order valence-corrected chi connectivity index (χ0v) is 41.3. The van der Waals surface area contributed by atoms with Gasteiger partial charge >= 0.3 is 17.9 Å². The largest absolute Gasteiger partial charge is 0.462 e. The second kappa shape index (κ2) is 51.5. The normalized spacial score (nSPS) is 12.6. The Hall–Kier alpha value is -3.15. The van der Waals surface area contributed by atoms with E-state index in [1.165, 1.54) is 135 Å². The van der Waals surface area contributed by atoms with Crippen molar-refractivity contribution < 1.29 is 28.6 Å². The molecule has 0 aliphatic rings. The molecule has 6 nitrogen and oxygen atoms in total. The van der Waals surface area contributed by atoms with E-state index >= 15 is 0 Å². The number of rotatable bonds is 47. The third kappa shape index (κ3) is 49.7. The van der Waals surface area contributed by atoms with Crippen LogP contribution in [0.15, 0.2) is 72.9 Å². The van der Waals surface area contributed by atoms with E-state index in [4.69, 9.17) is 14.2 Å². The van der Waals surface area contributed by atoms with Gasteiger partial charge in [-0.05, 0) is 89.9 Å². The van der Waals surface area contributed by atoms with Gasteiger partial charge < -0.3 is 14.2 Å². The van der Waals surface area contributed by atoms with E-state index in [2.05, 4.69) is 93.7 Å². The third-order valence-corrected chi connectivity index (χ3v) is 11.2. The van der Waals surface area contributed by atoms with Crippen LogP contribution in [-0.2, 0) is 28.6 Å². The molecule has 0 unspecified atom stereocenters. The minimum Gasteiger partial charge on any atom is -0.462 e. The number of carbonyl (C=O) groups excluding carboxylic acids is 3. The lowest BCUT2D eigenvalue weighted by atomic mass is 10.0. The number of unbranched alkanes of at least 4 members (excludes halogenated alkanes) is 24. The Balaban J connectivity index is 4.50. The van der Waals surface area contributed by atoms with Crippen molar-refractivity contribution in [1.29, 1.82) is 0 Å². The lowest BCUT2D eigenvalue weighted by Gasteiger charge is -2.18. The summed E-state index contributed by atoms with van der Waals surface area (Å²) in [6.45, 7) is 6.53. The summed E-state index contributed by atoms with van der Waals surface area (Å²) in [4.78, 5) is 38.0. The van der Waals surface area contributed by atoms with Gasteiger partial charge in [0.05, 0.1) is 0 Å². The molecule has 0 fully saturated rings. The van der Waals surface area contributed by atoms with Gasteiger partial charge in [-0.1, -0.05) is 216 Å². The lowest BCUT2D eigenvalue weighted by molar-refractivity contribution is -0.167. The minimum atomic E-state index is -0.808. The zero-order valence-electron chi connectivity index (χ0n) is 41.3. The van der Waals surface area contributed by atoms with Crippen LogP contribution in [0.25, 0.3) is 0 Å². The zero-order chi connectivity index (χ0) is 45.8. The highest BCUT2D eigenvalue weighted by Gasteiger charge is 2.19. The summed E-state index contributed by atoms with van der Waals surface area (Å²) in [5.41, 5.74) is 0. The summed E-state index contributed by atoms with van der Waals surface area (Å²) < 4.78 is 16.7. The van der Waals surface area contributed by atoms with E-state index in [1.807, 2.05) is 0 Å². The predicted octanol–water partition coefficient (Wildman–Crippen LogP) is 17.4. The van der Waals surface area contributed by atoms with Crippen LogP contribution in [-0.4, -0.2) is 37.2 Å². The molecule has 0 spiro atoms. The highest BCUT2D eigenvalue weighted by Crippen LogP contribution is 2.14. The molecule has 1 atom stereocenters. The van der Waals surface area contributed by atoms with Crippen LogP contribution < -0.4 is 0 Å². The van der Waals surface area contributed by atoms with Crippen molar-refractivity contribution in [2.45, 2.75) is 258 Å². The number of carbonyl (C=O) groups is 3. The molecule has 362 valence electrons. The van der Waals surface area contributed by atoms with Crippen LogP contribution in [0.3, 0.4) is 0 Å². The minimum absolute atomic E-state index is 0.109. The van der Waals surface area contributed by atoms with Gasteiger partial charge in [0.1, 0.15) is 13.2 Å². The van der Waals surface area contributed by atoms with Gasteiger partial charge in [0, 0.05) is 19.3 Å². The van der Waals surface area contributed by atoms with Gasteiger partial charge in [0.2, 0.25) is 0 Å². The van der Waals surface area contributed by atoms with E-state index in [1.54, 1.807) is 0 Å². The molecule has 0 rings (SSSR count). The summed E-state index contributed by atoms with van der Waals surface area (Å²) in [5.74, 6) is -0.993. The van der Waals surface area contributed by atoms with Gasteiger partial charge in [0.25, 0.3) is 0 Å². The molecular weight excluding hydrogens is 781 g/mol. The number of hydrogen-bond donors (Lipinski definition) is 0. The summed E-state index contributed by atoms with van der Waals surface area (Å²) in [6.07, 6.45) is 64.6. The molecule has 0 aromatic heterocycles. The van der Waals surface area contributed by atoms with Crippen molar-refractivity contribution in [3.8, 4) is 0 Å². The Morgan fingerprint density at radius 2 is 0.587 bits per heavy atom. The molecule has 0 aliphatic carbocycles. The number of hydrogen-bond acceptors (Lipinski definition) is 6. The van der Waals surface area contributed by atoms with Gasteiger partial charge in [-0.25, -0.2) is 0 Å². The molecule has 0 aromatic carbocycles. The molecule has 0 radical (unpaired) electrons. The molecule has 6 heteroatoms. The van der Waals surface area contributed by atoms with E-state index in [9.17, 15) is 14.4 Å². The Morgan fingerprint density at radius 1 is 0.317 bits per heavy atom. The SMILES string of the molecule is CCCCC/C=C\C/C=C\C/C=C\CCCCC(=O)OC[C@H](COC(=O)CCC/C=C\C/C=C\C/C=C\CCCCCCCC)OC(=O)CCCCCCCCCCCCCCC. The Labute approximate surface area is 389 Å². The fourth-order valence-corrected chi connectivity index (χ4v) is 7.17. The average Bonchev–Trinajstić information content (AvgIpc) is 3.28. The maximum Gasteiger partial charge on any atom is 0.306 e. The standard InChI is InChI=1S/C57H98O6/c1-4-7-10-13-16-19-22-25-27-28-30-33-35-38-41-44-47-50-56(59)62-53-54(63-57(60)51-48-45-42-39-36-31-24-21-18-15-12-9-6-3)52-61-55(58)49-46-43-40-37-34-32-29-26-23-20-17-14-11-8-5-2/h17,20,25-27,29-30,33-34,37-38,41,54H,4-16,18-19,21-24,28,31-32,35-36,39-40,42-53H2,1-3H3/b20-17-,27-25-,29-26-,33-30-,37-34-,41-38-/t54-/m1/s1. The maximum atomic E-state index is 12.8. The highest BCUT2D eigenvalue weighted by molar-refractivity contribution is 5.71. The van der Waals surface area contributed by atoms with Crippen LogP contribution in [0.4, 0.5) is 0 Å². The second-order valence-corrected chi connectivity index (χ2v) is 17.4. The molecule has 0 bridgehead atoms. The molecule has 0 heterocycles. The van der Waals surface area contributed by atoms with Crippen LogP contribution >= 0.6 is 0 Å². The third-order valence-electron chi connectivity index (χ3n) is 11.2. The molecule has 0 aliphatic heterocycles. The Bertz CT molecular complexity index is 1190. The number of ether oxygens (including phenoxy) is 3. The summed E-state index contributed by atoms with van der Waals surface area (Å²) in [7, 11) is 0. The number of allylic oxidation sites excluding steroid dienone is 12. The van der Waals surface area contributed by atoms with Crippen molar-refractivity contribution >= 4 is 17.9 Å². The van der Waals surface area contributed by atoms with Crippen LogP contribution in [0, 0.1) is 0 Å². The Morgan fingerprint density at radius 3 is 1.02 bits per heavy atom. The first kappa shape index (κ1) is 59.9. The van der Waals surface area contributed by atoms with Gasteiger partial charge in [0.15, 0.2) is 6.10 Å². The van der Waals surface area contributed by atoms with Crippen molar-refractivity contribution in [3.63, 3.8) is 0 Å². The van der Waals surface area contributed by atoms with E-state index < -0.39 is 6.10 Å². The molecule has 0 saturated heterocycles. The van der Waals surface area contributed by atoms with E-state index in [-0.39, 0.29) is 37.5 Å². The van der Waals surface area contributed by atoms with Gasteiger partial charge in [-0.2, -0.15) is 0 Å². The first-order valence-corrected chi connectivity index (χ1v) is 26.4. The fourth-order valence-electron chi connectivity index (χ4n) is 7.17. The number of esters is 3. The van der Waals surface area contributed by atoms with E-state index in [0.717, 1.165) is 70.6 Å². The maximum absolute atomic E-state index is 12.8. The van der Waals surface area contributed by atoms with Crippen LogP contribution in [0.5, 0.6) is 0 Å². The molecule has 63 heavy (non-hydrogen) atoms. The van der Waals surface area contributed by atoms with Crippen molar-refractivity contribution in [2.24, 2.45) is 0 Å². The lowest BCUT2D eigenvalue weighted by Crippen LogP contribution is -2.30. The summed E-state index contributed by atoms with van der Waals surface area (Å²) >= 11 is 0. The average molecular weight is 879 g/mol. The molecular formula is C57H98O6. The van der Waals surface area contributed by atoms with Gasteiger partial charge in [-0.15, -0.1) is 0 Å². The van der Waals surface area contributed by atoms with Crippen LogP contribution in [0.1, 0.15) is 252 Å². The predicted molar refractivity (Wildman–Crippen MR) is 270 cm³/mol. The smallest absolute Gasteiger partial charge is 0.306 e. The quantitative estimate of drug-likeness (QED) is 0.0262. The first-order valence-electron chi connectivity index (χ1n) is 26.4. The topological polar surface area (TPSA) is 78.9 Å². The van der Waals surface area contributed by atoms with Crippen molar-refractivity contribution in [1.82, 2.24) is 0 Å². The fraction of sp³-hybridized carbons (Fsp3) is 0.737. The van der Waals surface area contributed by atoms with Crippen molar-refractivity contribution in [2.75, 3.05) is 13.2 Å². The van der Waals surface area contributed by atoms with E-state index in [0.29, 0.717) is 19.3 Å². The molecule has 0 amide bonds. The first-order chi connectivity index (χ1) is 31.0. The Kier molecular flexibility index (Phi) is 48.9. The van der Waals surface area contributed by atoms with Crippen LogP contribution in [0.2, 0.25) is 0 Å².